The van der Waals surface area contributed by atoms with Gasteiger partial charge in [0.2, 0.25) is 5.91 Å². The average Bonchev–Trinajstić information content (AvgIpc) is 3.18. The van der Waals surface area contributed by atoms with Crippen molar-refractivity contribution in [2.75, 3.05) is 6.54 Å². The van der Waals surface area contributed by atoms with Crippen molar-refractivity contribution in [2.24, 2.45) is 5.73 Å². The van der Waals surface area contributed by atoms with E-state index in [2.05, 4.69) is 15.5 Å². The van der Waals surface area contributed by atoms with E-state index in [1.165, 1.54) is 0 Å². The van der Waals surface area contributed by atoms with Crippen molar-refractivity contribution in [1.29, 1.82) is 0 Å². The second kappa shape index (κ2) is 8.60. The first-order valence-corrected chi connectivity index (χ1v) is 9.08. The van der Waals surface area contributed by atoms with Gasteiger partial charge < -0.3 is 15.6 Å². The van der Waals surface area contributed by atoms with Crippen LogP contribution in [0.1, 0.15) is 35.5 Å². The molecule has 6 heteroatoms. The van der Waals surface area contributed by atoms with Crippen LogP contribution in [-0.2, 0) is 17.6 Å². The monoisotopic (exact) mass is 364 g/mol. The Morgan fingerprint density at radius 2 is 1.85 bits per heavy atom. The quantitative estimate of drug-likeness (QED) is 0.672. The smallest absolute Gasteiger partial charge is 0.257 e. The first-order chi connectivity index (χ1) is 13.1. The number of carbonyl (C=O) groups excluding carboxylic acids is 1. The third-order valence-corrected chi connectivity index (χ3v) is 4.42. The molecule has 0 aliphatic rings. The van der Waals surface area contributed by atoms with E-state index in [0.29, 0.717) is 18.3 Å². The van der Waals surface area contributed by atoms with Gasteiger partial charge in [0, 0.05) is 18.5 Å². The Morgan fingerprint density at radius 1 is 1.15 bits per heavy atom. The zero-order chi connectivity index (χ0) is 19.2. The Bertz CT molecular complexity index is 885. The molecule has 3 aromatic rings. The van der Waals surface area contributed by atoms with Crippen LogP contribution in [0.25, 0.3) is 11.5 Å². The van der Waals surface area contributed by atoms with Gasteiger partial charge in [-0.05, 0) is 36.6 Å². The maximum atomic E-state index is 12.2. The van der Waals surface area contributed by atoms with Gasteiger partial charge in [0.05, 0.1) is 0 Å². The average molecular weight is 364 g/mol. The SMILES string of the molecule is CCc1noc(-c2ccc(CCNC(=O)C(N)c3ccc(C)cc3)cc2)n1. The number of nitrogens with two attached hydrogens (primary N) is 1. The number of hydrogen-bond donors (Lipinski definition) is 2. The molecule has 0 fully saturated rings. The zero-order valence-corrected chi connectivity index (χ0v) is 15.6. The van der Waals surface area contributed by atoms with Gasteiger partial charge in [-0.2, -0.15) is 4.98 Å². The molecule has 0 saturated heterocycles. The van der Waals surface area contributed by atoms with Crippen LogP contribution >= 0.6 is 0 Å². The molecule has 0 radical (unpaired) electrons. The van der Waals surface area contributed by atoms with Crippen molar-refractivity contribution in [3.63, 3.8) is 0 Å². The Balaban J connectivity index is 1.51. The highest BCUT2D eigenvalue weighted by atomic mass is 16.5. The summed E-state index contributed by atoms with van der Waals surface area (Å²) in [5, 5.41) is 6.80. The molecule has 2 aromatic carbocycles. The first kappa shape index (κ1) is 18.8. The van der Waals surface area contributed by atoms with Crippen LogP contribution in [-0.4, -0.2) is 22.6 Å². The summed E-state index contributed by atoms with van der Waals surface area (Å²) in [5.74, 6) is 1.05. The molecule has 3 N–H and O–H groups in total. The zero-order valence-electron chi connectivity index (χ0n) is 15.6. The third kappa shape index (κ3) is 4.80. The Hall–Kier alpha value is -2.99. The number of carbonyl (C=O) groups is 1. The molecule has 1 unspecified atom stereocenters. The highest BCUT2D eigenvalue weighted by Gasteiger charge is 2.15. The van der Waals surface area contributed by atoms with E-state index in [-0.39, 0.29) is 5.91 Å². The van der Waals surface area contributed by atoms with Crippen LogP contribution in [0.3, 0.4) is 0 Å². The van der Waals surface area contributed by atoms with Crippen molar-refractivity contribution in [2.45, 2.75) is 32.7 Å². The highest BCUT2D eigenvalue weighted by Crippen LogP contribution is 2.18. The molecule has 1 amide bonds. The van der Waals surface area contributed by atoms with Gasteiger partial charge in [-0.15, -0.1) is 0 Å². The molecule has 1 atom stereocenters. The van der Waals surface area contributed by atoms with E-state index < -0.39 is 6.04 Å². The Morgan fingerprint density at radius 3 is 2.48 bits per heavy atom. The van der Waals surface area contributed by atoms with Crippen molar-refractivity contribution < 1.29 is 9.32 Å². The molecule has 140 valence electrons. The summed E-state index contributed by atoms with van der Waals surface area (Å²) in [6, 6.07) is 14.9. The number of amides is 1. The number of aromatic nitrogens is 2. The van der Waals surface area contributed by atoms with Crippen LogP contribution < -0.4 is 11.1 Å². The Kier molecular flexibility index (Phi) is 5.98. The molecular weight excluding hydrogens is 340 g/mol. The van der Waals surface area contributed by atoms with Crippen LogP contribution in [0.2, 0.25) is 0 Å². The van der Waals surface area contributed by atoms with Crippen LogP contribution in [0.15, 0.2) is 53.1 Å². The number of nitrogens with one attached hydrogen (secondary N) is 1. The van der Waals surface area contributed by atoms with Gasteiger partial charge in [-0.1, -0.05) is 54.0 Å². The Labute approximate surface area is 158 Å². The second-order valence-electron chi connectivity index (χ2n) is 6.50. The fraction of sp³-hybridized carbons (Fsp3) is 0.286. The van der Waals surface area contributed by atoms with Gasteiger partial charge in [0.25, 0.3) is 5.89 Å². The number of nitrogens with zero attached hydrogens (tertiary/aromatic N) is 2. The van der Waals surface area contributed by atoms with Gasteiger partial charge >= 0.3 is 0 Å². The molecule has 0 aliphatic heterocycles. The molecule has 6 nitrogen and oxygen atoms in total. The van der Waals surface area contributed by atoms with E-state index in [1.807, 2.05) is 62.4 Å². The normalized spacial score (nSPS) is 12.0. The summed E-state index contributed by atoms with van der Waals surface area (Å²) in [4.78, 5) is 16.5. The number of hydrogen-bond acceptors (Lipinski definition) is 5. The van der Waals surface area contributed by atoms with Crippen LogP contribution in [0.5, 0.6) is 0 Å². The van der Waals surface area contributed by atoms with E-state index in [4.69, 9.17) is 10.3 Å². The molecule has 27 heavy (non-hydrogen) atoms. The van der Waals surface area contributed by atoms with Gasteiger partial charge in [-0.25, -0.2) is 0 Å². The van der Waals surface area contributed by atoms with Crippen LogP contribution in [0.4, 0.5) is 0 Å². The molecule has 0 bridgehead atoms. The van der Waals surface area contributed by atoms with Crippen molar-refractivity contribution in [3.8, 4) is 11.5 Å². The summed E-state index contributed by atoms with van der Waals surface area (Å²) in [7, 11) is 0. The maximum Gasteiger partial charge on any atom is 0.257 e. The lowest BCUT2D eigenvalue weighted by Gasteiger charge is -2.13. The van der Waals surface area contributed by atoms with Crippen molar-refractivity contribution in [3.05, 3.63) is 71.0 Å². The highest BCUT2D eigenvalue weighted by molar-refractivity contribution is 5.82. The third-order valence-electron chi connectivity index (χ3n) is 4.42. The molecule has 1 aromatic heterocycles. The minimum Gasteiger partial charge on any atom is -0.354 e. The van der Waals surface area contributed by atoms with Crippen molar-refractivity contribution >= 4 is 5.91 Å². The fourth-order valence-electron chi connectivity index (χ4n) is 2.69. The van der Waals surface area contributed by atoms with E-state index in [9.17, 15) is 4.79 Å². The topological polar surface area (TPSA) is 94.0 Å². The minimum absolute atomic E-state index is 0.173. The van der Waals surface area contributed by atoms with E-state index in [1.54, 1.807) is 0 Å². The first-order valence-electron chi connectivity index (χ1n) is 9.08. The second-order valence-corrected chi connectivity index (χ2v) is 6.50. The van der Waals surface area contributed by atoms with Gasteiger partial charge in [0.1, 0.15) is 6.04 Å². The number of rotatable bonds is 7. The summed E-state index contributed by atoms with van der Waals surface area (Å²) in [5.41, 5.74) is 9.98. The standard InChI is InChI=1S/C21H24N4O2/c1-3-18-24-21(27-25-18)17-10-6-15(7-11-17)12-13-23-20(26)19(22)16-8-4-14(2)5-9-16/h4-11,19H,3,12-13,22H2,1-2H3,(H,23,26). The van der Waals surface area contributed by atoms with Gasteiger partial charge in [-0.3, -0.25) is 4.79 Å². The largest absolute Gasteiger partial charge is 0.354 e. The summed E-state index contributed by atoms with van der Waals surface area (Å²) in [6.07, 6.45) is 1.46. The van der Waals surface area contributed by atoms with Gasteiger partial charge in [0.15, 0.2) is 5.82 Å². The molecule has 3 rings (SSSR count). The molecule has 0 saturated carbocycles. The number of aryl methyl sites for hydroxylation is 2. The maximum absolute atomic E-state index is 12.2. The molecular formula is C21H24N4O2. The molecule has 0 aliphatic carbocycles. The van der Waals surface area contributed by atoms with E-state index in [0.717, 1.165) is 35.1 Å². The van der Waals surface area contributed by atoms with E-state index >= 15 is 0 Å². The molecule has 1 heterocycles. The minimum atomic E-state index is -0.654. The van der Waals surface area contributed by atoms with Crippen molar-refractivity contribution in [1.82, 2.24) is 15.5 Å². The predicted molar refractivity (Wildman–Crippen MR) is 104 cm³/mol. The summed E-state index contributed by atoms with van der Waals surface area (Å²) >= 11 is 0. The lowest BCUT2D eigenvalue weighted by molar-refractivity contribution is -0.122. The van der Waals surface area contributed by atoms with Crippen LogP contribution in [0, 0.1) is 6.92 Å². The lowest BCUT2D eigenvalue weighted by atomic mass is 10.1. The summed E-state index contributed by atoms with van der Waals surface area (Å²) < 4.78 is 5.24. The number of benzene rings is 2. The fourth-order valence-corrected chi connectivity index (χ4v) is 2.69. The summed E-state index contributed by atoms with van der Waals surface area (Å²) in [6.45, 7) is 4.51. The molecule has 0 spiro atoms. The lowest BCUT2D eigenvalue weighted by Crippen LogP contribution is -2.35. The predicted octanol–water partition coefficient (Wildman–Crippen LogP) is 2.97.